The number of carbonyl (C=O) groups is 2. The highest BCUT2D eigenvalue weighted by atomic mass is 32.1. The second kappa shape index (κ2) is 8.78. The molecule has 0 unspecified atom stereocenters. The number of benzene rings is 1. The molecule has 0 radical (unpaired) electrons. The van der Waals surface area contributed by atoms with E-state index in [2.05, 4.69) is 10.2 Å². The number of furan rings is 1. The van der Waals surface area contributed by atoms with E-state index < -0.39 is 23.6 Å². The molecule has 4 rings (SSSR count). The Bertz CT molecular complexity index is 1090. The van der Waals surface area contributed by atoms with E-state index in [0.29, 0.717) is 11.6 Å². The predicted molar refractivity (Wildman–Crippen MR) is 117 cm³/mol. The van der Waals surface area contributed by atoms with Crippen LogP contribution in [0.4, 0.5) is 24.7 Å². The third-order valence-electron chi connectivity index (χ3n) is 5.35. The number of anilines is 2. The van der Waals surface area contributed by atoms with Crippen LogP contribution in [0.5, 0.6) is 0 Å². The summed E-state index contributed by atoms with van der Waals surface area (Å²) in [5, 5.41) is 2.07. The van der Waals surface area contributed by atoms with Crippen LogP contribution in [0.2, 0.25) is 0 Å². The van der Waals surface area contributed by atoms with Crippen LogP contribution >= 0.6 is 12.2 Å². The van der Waals surface area contributed by atoms with Crippen molar-refractivity contribution in [3.63, 3.8) is 0 Å². The third kappa shape index (κ3) is 4.55. The van der Waals surface area contributed by atoms with Crippen molar-refractivity contribution in [2.75, 3.05) is 22.9 Å². The molecule has 2 saturated heterocycles. The molecule has 3 heterocycles. The number of nitrogens with one attached hydrogen (secondary N) is 1. The fourth-order valence-electron chi connectivity index (χ4n) is 3.74. The van der Waals surface area contributed by atoms with E-state index >= 15 is 0 Å². The van der Waals surface area contributed by atoms with E-state index in [4.69, 9.17) is 16.6 Å². The highest BCUT2D eigenvalue weighted by Crippen LogP contribution is 2.33. The summed E-state index contributed by atoms with van der Waals surface area (Å²) in [5.74, 6) is -0.631. The van der Waals surface area contributed by atoms with Crippen LogP contribution in [-0.4, -0.2) is 30.0 Å². The first-order chi connectivity index (χ1) is 15.2. The average molecular weight is 463 g/mol. The number of alkyl halides is 3. The number of nitrogens with zero attached hydrogens (tertiary/aromatic N) is 2. The molecule has 168 valence electrons. The Balaban J connectivity index is 1.62. The van der Waals surface area contributed by atoms with E-state index in [9.17, 15) is 22.8 Å². The van der Waals surface area contributed by atoms with Gasteiger partial charge in [-0.3, -0.25) is 19.8 Å². The van der Waals surface area contributed by atoms with Crippen LogP contribution < -0.4 is 15.1 Å². The highest BCUT2D eigenvalue weighted by Gasteiger charge is 2.37. The summed E-state index contributed by atoms with van der Waals surface area (Å²) in [5.41, 5.74) is -1.31. The molecule has 32 heavy (non-hydrogen) atoms. The molecule has 10 heteroatoms. The summed E-state index contributed by atoms with van der Waals surface area (Å²) in [6, 6.07) is 7.62. The molecule has 0 saturated carbocycles. The highest BCUT2D eigenvalue weighted by molar-refractivity contribution is 7.80. The summed E-state index contributed by atoms with van der Waals surface area (Å²) < 4.78 is 45.1. The van der Waals surface area contributed by atoms with Crippen molar-refractivity contribution >= 4 is 46.8 Å². The first-order valence-electron chi connectivity index (χ1n) is 10.2. The van der Waals surface area contributed by atoms with E-state index in [1.807, 2.05) is 0 Å². The lowest BCUT2D eigenvalue weighted by Crippen LogP contribution is -2.54. The second-order valence-electron chi connectivity index (χ2n) is 7.58. The maximum Gasteiger partial charge on any atom is 0.416 e. The van der Waals surface area contributed by atoms with Crippen molar-refractivity contribution in [2.24, 2.45) is 0 Å². The van der Waals surface area contributed by atoms with Crippen LogP contribution in [0.25, 0.3) is 6.08 Å². The maximum atomic E-state index is 13.1. The summed E-state index contributed by atoms with van der Waals surface area (Å²) >= 11 is 5.05. The molecule has 0 bridgehead atoms. The zero-order chi connectivity index (χ0) is 22.9. The summed E-state index contributed by atoms with van der Waals surface area (Å²) in [6.45, 7) is 1.72. The fraction of sp³-hybridized carbons (Fsp3) is 0.318. The number of thiocarbonyl (C=S) groups is 1. The van der Waals surface area contributed by atoms with Crippen molar-refractivity contribution in [1.29, 1.82) is 0 Å². The SMILES string of the molecule is O=C1NC(=S)N(c2cccc(C(F)(F)F)c2)C(=O)/C1=C/c1ccc(N2CCCCCC2)o1. The Morgan fingerprint density at radius 1 is 1.03 bits per heavy atom. The van der Waals surface area contributed by atoms with E-state index in [1.165, 1.54) is 18.2 Å². The summed E-state index contributed by atoms with van der Waals surface area (Å²) in [7, 11) is 0. The monoisotopic (exact) mass is 463 g/mol. The van der Waals surface area contributed by atoms with Crippen LogP contribution in [0.1, 0.15) is 37.0 Å². The quantitative estimate of drug-likeness (QED) is 0.412. The molecular weight excluding hydrogens is 443 g/mol. The topological polar surface area (TPSA) is 65.8 Å². The molecule has 2 fully saturated rings. The Morgan fingerprint density at radius 3 is 2.44 bits per heavy atom. The van der Waals surface area contributed by atoms with Gasteiger partial charge in [0.25, 0.3) is 11.8 Å². The van der Waals surface area contributed by atoms with Gasteiger partial charge >= 0.3 is 6.18 Å². The van der Waals surface area contributed by atoms with E-state index in [1.54, 1.807) is 12.1 Å². The average Bonchev–Trinajstić information content (AvgIpc) is 3.03. The molecule has 1 N–H and O–H groups in total. The van der Waals surface area contributed by atoms with E-state index in [-0.39, 0.29) is 16.4 Å². The molecule has 1 aromatic carbocycles. The minimum absolute atomic E-state index is 0.0922. The lowest BCUT2D eigenvalue weighted by Gasteiger charge is -2.29. The zero-order valence-corrected chi connectivity index (χ0v) is 17.8. The lowest BCUT2D eigenvalue weighted by molar-refractivity contribution is -0.137. The number of rotatable bonds is 3. The first kappa shape index (κ1) is 22.1. The molecule has 0 aliphatic carbocycles. The molecule has 0 atom stereocenters. The van der Waals surface area contributed by atoms with Crippen molar-refractivity contribution in [1.82, 2.24) is 5.32 Å². The molecule has 2 amide bonds. The van der Waals surface area contributed by atoms with Gasteiger partial charge in [-0.25, -0.2) is 0 Å². The third-order valence-corrected chi connectivity index (χ3v) is 5.63. The van der Waals surface area contributed by atoms with Crippen LogP contribution in [-0.2, 0) is 15.8 Å². The summed E-state index contributed by atoms with van der Waals surface area (Å²) in [6.07, 6.45) is 1.13. The van der Waals surface area contributed by atoms with Gasteiger partial charge in [0.15, 0.2) is 11.0 Å². The molecule has 6 nitrogen and oxygen atoms in total. The van der Waals surface area contributed by atoms with Gasteiger partial charge in [-0.05, 0) is 55.4 Å². The van der Waals surface area contributed by atoms with Gasteiger partial charge in [0.1, 0.15) is 11.3 Å². The molecule has 2 aliphatic heterocycles. The van der Waals surface area contributed by atoms with E-state index in [0.717, 1.165) is 55.8 Å². The number of carbonyl (C=O) groups excluding carboxylic acids is 2. The Labute approximate surface area is 187 Å². The van der Waals surface area contributed by atoms with Crippen LogP contribution in [0.3, 0.4) is 0 Å². The summed E-state index contributed by atoms with van der Waals surface area (Å²) in [4.78, 5) is 28.5. The molecule has 2 aromatic rings. The smallest absolute Gasteiger partial charge is 0.416 e. The van der Waals surface area contributed by atoms with Gasteiger partial charge in [-0.2, -0.15) is 13.2 Å². The molecule has 2 aliphatic rings. The molecule has 1 aromatic heterocycles. The van der Waals surface area contributed by atoms with Crippen molar-refractivity contribution < 1.29 is 27.2 Å². The normalized spacial score (nSPS) is 19.3. The number of hydrogen-bond acceptors (Lipinski definition) is 5. The number of halogens is 3. The molecule has 0 spiro atoms. The Morgan fingerprint density at radius 2 is 1.75 bits per heavy atom. The zero-order valence-electron chi connectivity index (χ0n) is 16.9. The largest absolute Gasteiger partial charge is 0.441 e. The lowest BCUT2D eigenvalue weighted by atomic mass is 10.1. The maximum absolute atomic E-state index is 13.1. The fourth-order valence-corrected chi connectivity index (χ4v) is 4.02. The predicted octanol–water partition coefficient (Wildman–Crippen LogP) is 4.51. The number of amides is 2. The van der Waals surface area contributed by atoms with Gasteiger partial charge in [-0.15, -0.1) is 0 Å². The van der Waals surface area contributed by atoms with Crippen LogP contribution in [0, 0.1) is 0 Å². The van der Waals surface area contributed by atoms with Gasteiger partial charge in [-0.1, -0.05) is 18.9 Å². The van der Waals surface area contributed by atoms with Gasteiger partial charge in [0.2, 0.25) is 0 Å². The molecular formula is C22H20F3N3O3S. The Hall–Kier alpha value is -3.14. The number of hydrogen-bond donors (Lipinski definition) is 1. The second-order valence-corrected chi connectivity index (χ2v) is 7.97. The van der Waals surface area contributed by atoms with Gasteiger partial charge in [0, 0.05) is 19.2 Å². The minimum atomic E-state index is -4.59. The Kier molecular flexibility index (Phi) is 6.05. The standard InChI is InChI=1S/C22H20F3N3O3S/c23-22(24,25)14-6-5-7-15(12-14)28-20(30)17(19(29)26-21(28)32)13-16-8-9-18(31-16)27-10-3-1-2-4-11-27/h5-9,12-13H,1-4,10-11H2,(H,26,29,32)/b17-13+. The first-order valence-corrected chi connectivity index (χ1v) is 10.6. The van der Waals surface area contributed by atoms with Crippen LogP contribution in [0.15, 0.2) is 46.4 Å². The van der Waals surface area contributed by atoms with Crippen molar-refractivity contribution in [2.45, 2.75) is 31.9 Å². The van der Waals surface area contributed by atoms with Gasteiger partial charge < -0.3 is 9.32 Å². The van der Waals surface area contributed by atoms with Crippen molar-refractivity contribution in [3.05, 3.63) is 53.3 Å². The van der Waals surface area contributed by atoms with Gasteiger partial charge in [0.05, 0.1) is 11.3 Å². The van der Waals surface area contributed by atoms with Crippen molar-refractivity contribution in [3.8, 4) is 0 Å². The minimum Gasteiger partial charge on any atom is -0.441 e.